The zero-order chi connectivity index (χ0) is 22.7. The van der Waals surface area contributed by atoms with E-state index in [1.54, 1.807) is 0 Å². The Morgan fingerprint density at radius 3 is 2.59 bits per heavy atom. The summed E-state index contributed by atoms with van der Waals surface area (Å²) >= 11 is 5.70. The molecule has 0 fully saturated rings. The van der Waals surface area contributed by atoms with E-state index in [1.807, 2.05) is 56.3 Å². The second-order valence-corrected chi connectivity index (χ2v) is 8.21. The van der Waals surface area contributed by atoms with Crippen LogP contribution in [-0.2, 0) is 0 Å². The van der Waals surface area contributed by atoms with Crippen LogP contribution >= 0.6 is 12.2 Å². The van der Waals surface area contributed by atoms with Crippen molar-refractivity contribution in [3.8, 4) is 17.1 Å². The van der Waals surface area contributed by atoms with E-state index < -0.39 is 0 Å². The predicted molar refractivity (Wildman–Crippen MR) is 130 cm³/mol. The van der Waals surface area contributed by atoms with Crippen LogP contribution in [0.25, 0.3) is 17.0 Å². The average Bonchev–Trinajstić information content (AvgIpc) is 3.27. The van der Waals surface area contributed by atoms with E-state index in [1.165, 1.54) is 0 Å². The Labute approximate surface area is 194 Å². The molecule has 1 aromatic heterocycles. The first kappa shape index (κ1) is 22.0. The van der Waals surface area contributed by atoms with Crippen molar-refractivity contribution in [2.24, 2.45) is 0 Å². The van der Waals surface area contributed by atoms with Crippen molar-refractivity contribution in [3.05, 3.63) is 71.2 Å². The van der Waals surface area contributed by atoms with E-state index in [2.05, 4.69) is 35.3 Å². The highest BCUT2D eigenvalue weighted by molar-refractivity contribution is 7.80. The van der Waals surface area contributed by atoms with E-state index in [0.717, 1.165) is 46.7 Å². The first-order valence-corrected chi connectivity index (χ1v) is 11.3. The number of nitrogens with one attached hydrogen (secondary N) is 1. The van der Waals surface area contributed by atoms with E-state index in [-0.39, 0.29) is 6.04 Å². The smallest absolute Gasteiger partial charge is 0.258 e. The normalized spacial score (nSPS) is 16.3. The van der Waals surface area contributed by atoms with Crippen LogP contribution in [0.1, 0.15) is 50.3 Å². The van der Waals surface area contributed by atoms with E-state index in [4.69, 9.17) is 26.5 Å². The van der Waals surface area contributed by atoms with E-state index in [0.29, 0.717) is 23.4 Å². The summed E-state index contributed by atoms with van der Waals surface area (Å²) in [6.07, 6.45) is 0.971. The third-order valence-corrected chi connectivity index (χ3v) is 5.84. The van der Waals surface area contributed by atoms with Crippen molar-refractivity contribution in [2.45, 2.75) is 40.2 Å². The summed E-state index contributed by atoms with van der Waals surface area (Å²) in [4.78, 5) is 6.87. The second kappa shape index (κ2) is 9.53. The molecule has 0 amide bonds. The Bertz CT molecular complexity index is 1140. The summed E-state index contributed by atoms with van der Waals surface area (Å²) in [5, 5.41) is 8.46. The standard InChI is InChI=1S/C25H28N4O2S/c1-5-14-29-17(4)21(24-27-23(28-31-24)19-9-7-8-16(3)15-19)22(26-25(29)32)18-10-12-20(13-11-18)30-6-2/h7-13,15,22H,5-6,14H2,1-4H3,(H,26,32). The van der Waals surface area contributed by atoms with Crippen LogP contribution < -0.4 is 10.1 Å². The molecule has 1 N–H and O–H groups in total. The first-order chi connectivity index (χ1) is 15.5. The molecule has 3 aromatic rings. The molecule has 2 heterocycles. The van der Waals surface area contributed by atoms with Gasteiger partial charge in [0.1, 0.15) is 5.75 Å². The molecule has 1 unspecified atom stereocenters. The molecule has 0 aliphatic carbocycles. The van der Waals surface area contributed by atoms with Crippen molar-refractivity contribution in [2.75, 3.05) is 13.2 Å². The molecule has 0 saturated heterocycles. The van der Waals surface area contributed by atoms with Gasteiger partial charge < -0.3 is 19.5 Å². The lowest BCUT2D eigenvalue weighted by atomic mass is 9.94. The fraction of sp³-hybridized carbons (Fsp3) is 0.320. The van der Waals surface area contributed by atoms with Gasteiger partial charge in [-0.25, -0.2) is 0 Å². The maximum absolute atomic E-state index is 5.79. The average molecular weight is 449 g/mol. The summed E-state index contributed by atoms with van der Waals surface area (Å²) in [6, 6.07) is 15.9. The fourth-order valence-electron chi connectivity index (χ4n) is 3.96. The molecule has 0 saturated carbocycles. The van der Waals surface area contributed by atoms with Gasteiger partial charge in [0, 0.05) is 17.8 Å². The Balaban J connectivity index is 1.77. The zero-order valence-electron chi connectivity index (χ0n) is 18.9. The molecule has 2 aromatic carbocycles. The molecule has 0 bridgehead atoms. The summed E-state index contributed by atoms with van der Waals surface area (Å²) in [6.45, 7) is 9.67. The highest BCUT2D eigenvalue weighted by Gasteiger charge is 2.33. The first-order valence-electron chi connectivity index (χ1n) is 10.9. The Hall–Kier alpha value is -3.19. The molecule has 4 rings (SSSR count). The minimum absolute atomic E-state index is 0.197. The molecule has 6 nitrogen and oxygen atoms in total. The summed E-state index contributed by atoms with van der Waals surface area (Å²) in [7, 11) is 0. The number of benzene rings is 2. The second-order valence-electron chi connectivity index (χ2n) is 7.83. The van der Waals surface area contributed by atoms with Gasteiger partial charge in [-0.3, -0.25) is 0 Å². The van der Waals surface area contributed by atoms with Crippen molar-refractivity contribution in [1.82, 2.24) is 20.4 Å². The van der Waals surface area contributed by atoms with Crippen LogP contribution in [0, 0.1) is 6.92 Å². The number of hydrogen-bond acceptors (Lipinski definition) is 5. The van der Waals surface area contributed by atoms with Gasteiger partial charge in [-0.15, -0.1) is 0 Å². The number of nitrogens with zero attached hydrogens (tertiary/aromatic N) is 3. The lowest BCUT2D eigenvalue weighted by Crippen LogP contribution is -2.46. The maximum atomic E-state index is 5.79. The SMILES string of the molecule is CCCN1C(=S)NC(c2ccc(OCC)cc2)C(c2nc(-c3cccc(C)c3)no2)=C1C. The topological polar surface area (TPSA) is 63.4 Å². The fourth-order valence-corrected chi connectivity index (χ4v) is 4.30. The van der Waals surface area contributed by atoms with Gasteiger partial charge in [0.25, 0.3) is 5.89 Å². The molecule has 166 valence electrons. The highest BCUT2D eigenvalue weighted by atomic mass is 32.1. The quantitative estimate of drug-likeness (QED) is 0.478. The molecule has 1 atom stereocenters. The number of aromatic nitrogens is 2. The molecule has 32 heavy (non-hydrogen) atoms. The van der Waals surface area contributed by atoms with Crippen LogP contribution in [0.2, 0.25) is 0 Å². The molecular weight excluding hydrogens is 420 g/mol. The van der Waals surface area contributed by atoms with Gasteiger partial charge in [-0.05, 0) is 63.2 Å². The van der Waals surface area contributed by atoms with Crippen LogP contribution in [0.3, 0.4) is 0 Å². The van der Waals surface area contributed by atoms with Crippen molar-refractivity contribution >= 4 is 22.9 Å². The van der Waals surface area contributed by atoms with Crippen LogP contribution in [0.4, 0.5) is 0 Å². The van der Waals surface area contributed by atoms with Crippen molar-refractivity contribution < 1.29 is 9.26 Å². The minimum Gasteiger partial charge on any atom is -0.494 e. The Morgan fingerprint density at radius 2 is 1.91 bits per heavy atom. The molecular formula is C25H28N4O2S. The largest absolute Gasteiger partial charge is 0.494 e. The summed E-state index contributed by atoms with van der Waals surface area (Å²) < 4.78 is 11.4. The van der Waals surface area contributed by atoms with Crippen molar-refractivity contribution in [3.63, 3.8) is 0 Å². The Morgan fingerprint density at radius 1 is 1.12 bits per heavy atom. The summed E-state index contributed by atoms with van der Waals surface area (Å²) in [5.74, 6) is 1.91. The summed E-state index contributed by atoms with van der Waals surface area (Å²) in [5.41, 5.74) is 5.09. The van der Waals surface area contributed by atoms with Gasteiger partial charge >= 0.3 is 0 Å². The number of ether oxygens (including phenoxy) is 1. The zero-order valence-corrected chi connectivity index (χ0v) is 19.7. The van der Waals surface area contributed by atoms with E-state index >= 15 is 0 Å². The van der Waals surface area contributed by atoms with Crippen LogP contribution in [0.5, 0.6) is 5.75 Å². The minimum atomic E-state index is -0.197. The highest BCUT2D eigenvalue weighted by Crippen LogP contribution is 2.38. The molecule has 0 radical (unpaired) electrons. The molecule has 1 aliphatic rings. The third kappa shape index (κ3) is 4.39. The number of aryl methyl sites for hydroxylation is 1. The van der Waals surface area contributed by atoms with Crippen molar-refractivity contribution in [1.29, 1.82) is 0 Å². The van der Waals surface area contributed by atoms with Gasteiger partial charge in [0.15, 0.2) is 5.11 Å². The van der Waals surface area contributed by atoms with Gasteiger partial charge in [0.05, 0.1) is 18.2 Å². The lowest BCUT2D eigenvalue weighted by molar-refractivity contribution is 0.340. The van der Waals surface area contributed by atoms with Gasteiger partial charge in [-0.1, -0.05) is 48.0 Å². The molecule has 0 spiro atoms. The number of hydrogen-bond donors (Lipinski definition) is 1. The Kier molecular flexibility index (Phi) is 6.55. The van der Waals surface area contributed by atoms with Crippen LogP contribution in [0.15, 0.2) is 58.8 Å². The number of rotatable bonds is 7. The number of thiocarbonyl (C=S) groups is 1. The third-order valence-electron chi connectivity index (χ3n) is 5.50. The van der Waals surface area contributed by atoms with E-state index in [9.17, 15) is 0 Å². The van der Waals surface area contributed by atoms with Crippen LogP contribution in [-0.4, -0.2) is 33.3 Å². The lowest BCUT2D eigenvalue weighted by Gasteiger charge is -2.37. The number of allylic oxidation sites excluding steroid dienone is 1. The molecule has 1 aliphatic heterocycles. The molecule has 7 heteroatoms. The van der Waals surface area contributed by atoms with Gasteiger partial charge in [-0.2, -0.15) is 4.98 Å². The monoisotopic (exact) mass is 448 g/mol. The maximum Gasteiger partial charge on any atom is 0.258 e. The predicted octanol–water partition coefficient (Wildman–Crippen LogP) is 5.52. The van der Waals surface area contributed by atoms with Gasteiger partial charge in [0.2, 0.25) is 5.82 Å².